The molecule has 5 N–H and O–H groups in total. The molecule has 0 aromatic carbocycles. The highest BCUT2D eigenvalue weighted by atomic mass is 16.4. The van der Waals surface area contributed by atoms with E-state index in [9.17, 15) is 10.2 Å². The summed E-state index contributed by atoms with van der Waals surface area (Å²) in [5.41, 5.74) is -1.09. The average Bonchev–Trinajstić information content (AvgIpc) is 2.42. The van der Waals surface area contributed by atoms with Crippen LogP contribution in [0.15, 0.2) is 0 Å². The van der Waals surface area contributed by atoms with Gasteiger partial charge < -0.3 is 25.5 Å². The Balaban J connectivity index is 0. The zero-order chi connectivity index (χ0) is 15.3. The van der Waals surface area contributed by atoms with Crippen LogP contribution < -0.4 is 0 Å². The molecule has 0 rings (SSSR count). The van der Waals surface area contributed by atoms with Gasteiger partial charge in [-0.05, 0) is 19.8 Å². The van der Waals surface area contributed by atoms with E-state index < -0.39 is 17.8 Å². The molecule has 118 valence electrons. The fourth-order valence-corrected chi connectivity index (χ4v) is 1.61. The van der Waals surface area contributed by atoms with Gasteiger partial charge in [0.1, 0.15) is 6.10 Å². The summed E-state index contributed by atoms with van der Waals surface area (Å²) in [5.74, 6) is 0. The predicted octanol–water partition coefficient (Wildman–Crippen LogP) is 0.811. The van der Waals surface area contributed by atoms with E-state index in [-0.39, 0.29) is 13.2 Å². The third kappa shape index (κ3) is 11.3. The van der Waals surface area contributed by atoms with Crippen LogP contribution in [0, 0.1) is 0 Å². The summed E-state index contributed by atoms with van der Waals surface area (Å²) < 4.78 is 0. The smallest absolute Gasteiger partial charge is 0.106 e. The lowest BCUT2D eigenvalue weighted by atomic mass is 9.88. The van der Waals surface area contributed by atoms with Crippen molar-refractivity contribution in [1.29, 1.82) is 0 Å². The van der Waals surface area contributed by atoms with Crippen LogP contribution in [0.3, 0.4) is 0 Å². The third-order valence-electron chi connectivity index (χ3n) is 3.13. The first-order valence-corrected chi connectivity index (χ1v) is 7.18. The van der Waals surface area contributed by atoms with Gasteiger partial charge in [-0.15, -0.1) is 0 Å². The Morgan fingerprint density at radius 2 is 1.47 bits per heavy atom. The predicted molar refractivity (Wildman–Crippen MR) is 75.9 cm³/mol. The number of rotatable bonds is 9. The number of hydrogen-bond donors (Lipinski definition) is 5. The molecule has 0 spiro atoms. The molecule has 0 radical (unpaired) electrons. The first-order chi connectivity index (χ1) is 8.87. The molecule has 0 saturated heterocycles. The highest BCUT2D eigenvalue weighted by molar-refractivity contribution is 4.84. The van der Waals surface area contributed by atoms with Crippen molar-refractivity contribution in [1.82, 2.24) is 0 Å². The molecular weight excluding hydrogens is 248 g/mol. The van der Waals surface area contributed by atoms with E-state index in [0.29, 0.717) is 12.8 Å². The van der Waals surface area contributed by atoms with Crippen LogP contribution in [-0.2, 0) is 0 Å². The number of unbranched alkanes of at least 4 members (excludes halogenated alkanes) is 3. The summed E-state index contributed by atoms with van der Waals surface area (Å²) in [6, 6.07) is 0. The summed E-state index contributed by atoms with van der Waals surface area (Å²) in [7, 11) is 0. The second-order valence-corrected chi connectivity index (χ2v) is 5.00. The molecule has 0 bridgehead atoms. The van der Waals surface area contributed by atoms with Crippen LogP contribution in [0.5, 0.6) is 0 Å². The molecule has 0 aromatic heterocycles. The lowest BCUT2D eigenvalue weighted by Gasteiger charge is -2.31. The van der Waals surface area contributed by atoms with E-state index in [0.717, 1.165) is 25.7 Å². The maximum absolute atomic E-state index is 9.98. The molecule has 0 heterocycles. The standard InChI is InChI=1S/C11H24O3.C3H8O2/c1-3-5-6-7-8-11(14,4-2)10(13)9-12;1-3(5)2-4/h10,12-14H,3-9H2,1-2H3;3-5H,2H2,1H3. The van der Waals surface area contributed by atoms with Gasteiger partial charge in [-0.3, -0.25) is 0 Å². The average molecular weight is 280 g/mol. The van der Waals surface area contributed by atoms with Crippen molar-refractivity contribution < 1.29 is 25.5 Å². The topological polar surface area (TPSA) is 101 Å². The second kappa shape index (κ2) is 12.8. The summed E-state index contributed by atoms with van der Waals surface area (Å²) in [6.45, 7) is 4.99. The fraction of sp³-hybridized carbons (Fsp3) is 1.00. The minimum atomic E-state index is -1.09. The molecule has 0 aliphatic rings. The van der Waals surface area contributed by atoms with E-state index >= 15 is 0 Å². The quantitative estimate of drug-likeness (QED) is 0.402. The SMILES string of the molecule is CC(O)CO.CCCCCCC(O)(CC)C(O)CO. The lowest BCUT2D eigenvalue weighted by Crippen LogP contribution is -2.43. The molecule has 3 unspecified atom stereocenters. The number of aliphatic hydroxyl groups is 5. The molecule has 5 nitrogen and oxygen atoms in total. The number of hydrogen-bond acceptors (Lipinski definition) is 5. The Morgan fingerprint density at radius 3 is 1.79 bits per heavy atom. The Bertz CT molecular complexity index is 187. The zero-order valence-corrected chi connectivity index (χ0v) is 12.5. The van der Waals surface area contributed by atoms with Crippen molar-refractivity contribution >= 4 is 0 Å². The maximum atomic E-state index is 9.98. The first-order valence-electron chi connectivity index (χ1n) is 7.18. The van der Waals surface area contributed by atoms with Crippen LogP contribution in [0.2, 0.25) is 0 Å². The Kier molecular flexibility index (Phi) is 14.2. The largest absolute Gasteiger partial charge is 0.394 e. The molecule has 0 amide bonds. The first kappa shape index (κ1) is 21.1. The van der Waals surface area contributed by atoms with Crippen LogP contribution in [-0.4, -0.2) is 56.6 Å². The van der Waals surface area contributed by atoms with Gasteiger partial charge in [0.05, 0.1) is 24.9 Å². The van der Waals surface area contributed by atoms with E-state index in [1.165, 1.54) is 6.92 Å². The van der Waals surface area contributed by atoms with Crippen molar-refractivity contribution in [2.24, 2.45) is 0 Å². The van der Waals surface area contributed by atoms with Crippen LogP contribution in [0.4, 0.5) is 0 Å². The summed E-state index contributed by atoms with van der Waals surface area (Å²) in [5, 5.41) is 44.2. The van der Waals surface area contributed by atoms with E-state index in [1.807, 2.05) is 6.92 Å². The molecule has 0 saturated carbocycles. The van der Waals surface area contributed by atoms with Crippen molar-refractivity contribution in [2.45, 2.75) is 77.1 Å². The second-order valence-electron chi connectivity index (χ2n) is 5.00. The Hall–Kier alpha value is -0.200. The van der Waals surface area contributed by atoms with Gasteiger partial charge in [0.15, 0.2) is 0 Å². The highest BCUT2D eigenvalue weighted by Crippen LogP contribution is 2.23. The molecule has 0 aromatic rings. The molecule has 5 heteroatoms. The van der Waals surface area contributed by atoms with Crippen molar-refractivity contribution in [2.75, 3.05) is 13.2 Å². The van der Waals surface area contributed by atoms with Gasteiger partial charge in [-0.2, -0.15) is 0 Å². The third-order valence-corrected chi connectivity index (χ3v) is 3.13. The zero-order valence-electron chi connectivity index (χ0n) is 12.5. The van der Waals surface area contributed by atoms with E-state index in [1.54, 1.807) is 0 Å². The monoisotopic (exact) mass is 280 g/mol. The molecule has 0 fully saturated rings. The van der Waals surface area contributed by atoms with Gasteiger partial charge >= 0.3 is 0 Å². The minimum Gasteiger partial charge on any atom is -0.394 e. The van der Waals surface area contributed by atoms with Gasteiger partial charge in [0, 0.05) is 0 Å². The fourth-order valence-electron chi connectivity index (χ4n) is 1.61. The normalized spacial score (nSPS) is 17.1. The molecule has 0 aliphatic heterocycles. The molecular formula is C14H32O5. The van der Waals surface area contributed by atoms with Gasteiger partial charge in [-0.25, -0.2) is 0 Å². The van der Waals surface area contributed by atoms with E-state index in [4.69, 9.17) is 15.3 Å². The summed E-state index contributed by atoms with van der Waals surface area (Å²) >= 11 is 0. The van der Waals surface area contributed by atoms with Crippen molar-refractivity contribution in [3.8, 4) is 0 Å². The molecule has 3 atom stereocenters. The summed E-state index contributed by atoms with van der Waals surface area (Å²) in [4.78, 5) is 0. The lowest BCUT2D eigenvalue weighted by molar-refractivity contribution is -0.102. The van der Waals surface area contributed by atoms with Gasteiger partial charge in [0.2, 0.25) is 0 Å². The molecule has 0 aliphatic carbocycles. The Morgan fingerprint density at radius 1 is 0.947 bits per heavy atom. The van der Waals surface area contributed by atoms with Crippen molar-refractivity contribution in [3.63, 3.8) is 0 Å². The minimum absolute atomic E-state index is 0.139. The summed E-state index contributed by atoms with van der Waals surface area (Å²) in [6.07, 6.45) is 3.81. The van der Waals surface area contributed by atoms with Crippen LogP contribution in [0.25, 0.3) is 0 Å². The van der Waals surface area contributed by atoms with Crippen LogP contribution in [0.1, 0.15) is 59.3 Å². The van der Waals surface area contributed by atoms with E-state index in [2.05, 4.69) is 6.92 Å². The van der Waals surface area contributed by atoms with Gasteiger partial charge in [0.25, 0.3) is 0 Å². The Labute approximate surface area is 116 Å². The van der Waals surface area contributed by atoms with Crippen molar-refractivity contribution in [3.05, 3.63) is 0 Å². The van der Waals surface area contributed by atoms with Crippen LogP contribution >= 0.6 is 0 Å². The van der Waals surface area contributed by atoms with Gasteiger partial charge in [-0.1, -0.05) is 39.5 Å². The maximum Gasteiger partial charge on any atom is 0.106 e. The number of aliphatic hydroxyl groups excluding tert-OH is 4. The molecule has 19 heavy (non-hydrogen) atoms. The highest BCUT2D eigenvalue weighted by Gasteiger charge is 2.32.